The molecule has 4 nitrogen and oxygen atoms in total. The fraction of sp³-hybridized carbons (Fsp3) is 0.222. The van der Waals surface area contributed by atoms with Crippen LogP contribution in [0.3, 0.4) is 0 Å². The number of nitrogens with two attached hydrogens (primary N) is 1. The van der Waals surface area contributed by atoms with E-state index >= 15 is 0 Å². The van der Waals surface area contributed by atoms with Crippen LogP contribution in [0.25, 0.3) is 0 Å². The molecule has 2 N–H and O–H groups in total. The first-order chi connectivity index (χ1) is 7.27. The number of hydrogen-bond donors (Lipinski definition) is 1. The molecule has 7 heteroatoms. The minimum absolute atomic E-state index is 0.455. The van der Waals surface area contributed by atoms with Crippen LogP contribution in [-0.4, -0.2) is 27.0 Å². The van der Waals surface area contributed by atoms with E-state index in [9.17, 15) is 22.0 Å². The fourth-order valence-corrected chi connectivity index (χ4v) is 1.74. The van der Waals surface area contributed by atoms with Crippen molar-refractivity contribution < 1.29 is 22.0 Å². The summed E-state index contributed by atoms with van der Waals surface area (Å²) in [4.78, 5) is 10.7. The zero-order valence-corrected chi connectivity index (χ0v) is 9.14. The van der Waals surface area contributed by atoms with Gasteiger partial charge in [-0.05, 0) is 12.1 Å². The van der Waals surface area contributed by atoms with Crippen LogP contribution in [0.5, 0.6) is 0 Å². The second kappa shape index (κ2) is 4.26. The van der Waals surface area contributed by atoms with E-state index in [4.69, 9.17) is 5.73 Å². The van der Waals surface area contributed by atoms with Crippen molar-refractivity contribution in [3.05, 3.63) is 29.3 Å². The number of hydrogen-bond acceptors (Lipinski definition) is 4. The summed E-state index contributed by atoms with van der Waals surface area (Å²) in [6.45, 7) is -0.524. The quantitative estimate of drug-likeness (QED) is 0.625. The molecule has 0 spiro atoms. The maximum Gasteiger partial charge on any atom is 0.179 e. The summed E-state index contributed by atoms with van der Waals surface area (Å²) >= 11 is 0. The number of benzene rings is 1. The Morgan fingerprint density at radius 3 is 2.38 bits per heavy atom. The molecule has 88 valence electrons. The van der Waals surface area contributed by atoms with Crippen LogP contribution in [0, 0.1) is 11.6 Å². The van der Waals surface area contributed by atoms with Gasteiger partial charge in [-0.2, -0.15) is 0 Å². The predicted molar refractivity (Wildman–Crippen MR) is 52.9 cm³/mol. The number of sulfone groups is 1. The van der Waals surface area contributed by atoms with E-state index < -0.39 is 44.3 Å². The highest BCUT2D eigenvalue weighted by molar-refractivity contribution is 7.90. The number of halogens is 2. The van der Waals surface area contributed by atoms with Crippen molar-refractivity contribution in [3.8, 4) is 0 Å². The van der Waals surface area contributed by atoms with Crippen molar-refractivity contribution >= 4 is 15.6 Å². The van der Waals surface area contributed by atoms with Gasteiger partial charge < -0.3 is 5.73 Å². The molecule has 0 radical (unpaired) electrons. The molecule has 0 aliphatic carbocycles. The maximum absolute atomic E-state index is 13.2. The van der Waals surface area contributed by atoms with E-state index in [1.54, 1.807) is 0 Å². The summed E-state index contributed by atoms with van der Waals surface area (Å²) in [6.07, 6.45) is 0.830. The highest BCUT2D eigenvalue weighted by Gasteiger charge is 2.19. The van der Waals surface area contributed by atoms with Crippen LogP contribution in [0.2, 0.25) is 0 Å². The Morgan fingerprint density at radius 2 is 1.94 bits per heavy atom. The summed E-state index contributed by atoms with van der Waals surface area (Å²) < 4.78 is 48.5. The third-order valence-electron chi connectivity index (χ3n) is 1.92. The van der Waals surface area contributed by atoms with Gasteiger partial charge in [0.15, 0.2) is 27.3 Å². The maximum atomic E-state index is 13.2. The molecule has 1 rings (SSSR count). The molecule has 1 aromatic rings. The van der Waals surface area contributed by atoms with Crippen LogP contribution in [-0.2, 0) is 9.84 Å². The Balaban J connectivity index is 3.51. The van der Waals surface area contributed by atoms with Gasteiger partial charge >= 0.3 is 0 Å². The molecule has 0 atom stereocenters. The van der Waals surface area contributed by atoms with Gasteiger partial charge in [0.2, 0.25) is 0 Å². The lowest BCUT2D eigenvalue weighted by Gasteiger charge is -2.05. The summed E-state index contributed by atoms with van der Waals surface area (Å²) in [5.74, 6) is -3.63. The zero-order chi connectivity index (χ0) is 12.5. The molecule has 0 saturated carbocycles. The standard InChI is InChI=1S/C9H9F2NO3S/c1-16(14,15)5-2-6(8(13)4-12)9(11)7(10)3-5/h2-3H,4,12H2,1H3. The van der Waals surface area contributed by atoms with Gasteiger partial charge in [0.05, 0.1) is 17.0 Å². The predicted octanol–water partition coefficient (Wildman–Crippen LogP) is 0.510. The lowest BCUT2D eigenvalue weighted by molar-refractivity contribution is 0.0996. The Hall–Kier alpha value is -1.34. The Morgan fingerprint density at radius 1 is 1.38 bits per heavy atom. The average Bonchev–Trinajstić information content (AvgIpc) is 2.19. The van der Waals surface area contributed by atoms with E-state index in [-0.39, 0.29) is 0 Å². The van der Waals surface area contributed by atoms with Crippen molar-refractivity contribution in [1.29, 1.82) is 0 Å². The average molecular weight is 249 g/mol. The van der Waals surface area contributed by atoms with Gasteiger partial charge in [0.1, 0.15) is 0 Å². The number of Topliss-reactive ketones (excluding diaryl/α,β-unsaturated/α-hetero) is 1. The lowest BCUT2D eigenvalue weighted by atomic mass is 10.1. The molecule has 16 heavy (non-hydrogen) atoms. The van der Waals surface area contributed by atoms with Crippen molar-refractivity contribution in [1.82, 2.24) is 0 Å². The first kappa shape index (κ1) is 12.7. The van der Waals surface area contributed by atoms with Gasteiger partial charge in [0.25, 0.3) is 0 Å². The van der Waals surface area contributed by atoms with Crippen molar-refractivity contribution in [3.63, 3.8) is 0 Å². The highest BCUT2D eigenvalue weighted by atomic mass is 32.2. The van der Waals surface area contributed by atoms with Gasteiger partial charge in [0, 0.05) is 6.26 Å². The fourth-order valence-electron chi connectivity index (χ4n) is 1.09. The molecule has 0 unspecified atom stereocenters. The zero-order valence-electron chi connectivity index (χ0n) is 8.33. The van der Waals surface area contributed by atoms with Crippen molar-refractivity contribution in [2.45, 2.75) is 4.90 Å². The van der Waals surface area contributed by atoms with Crippen LogP contribution < -0.4 is 5.73 Å². The second-order valence-corrected chi connectivity index (χ2v) is 5.18. The van der Waals surface area contributed by atoms with E-state index in [0.29, 0.717) is 6.07 Å². The number of carbonyl (C=O) groups excluding carboxylic acids is 1. The Labute approximate surface area is 91.0 Å². The van der Waals surface area contributed by atoms with Crippen molar-refractivity contribution in [2.24, 2.45) is 5.73 Å². The summed E-state index contributed by atoms with van der Waals surface area (Å²) in [6, 6.07) is 1.31. The molecule has 0 aliphatic heterocycles. The van der Waals surface area contributed by atoms with Crippen LogP contribution in [0.15, 0.2) is 17.0 Å². The molecular weight excluding hydrogens is 240 g/mol. The normalized spacial score (nSPS) is 11.5. The SMILES string of the molecule is CS(=O)(=O)c1cc(F)c(F)c(C(=O)CN)c1. The van der Waals surface area contributed by atoms with E-state index in [2.05, 4.69) is 0 Å². The number of carbonyl (C=O) groups is 1. The summed E-state index contributed by atoms with van der Waals surface area (Å²) in [5, 5.41) is 0. The second-order valence-electron chi connectivity index (χ2n) is 3.17. The highest BCUT2D eigenvalue weighted by Crippen LogP contribution is 2.19. The van der Waals surface area contributed by atoms with Gasteiger partial charge in [-0.25, -0.2) is 17.2 Å². The summed E-state index contributed by atoms with van der Waals surface area (Å²) in [7, 11) is -3.71. The minimum atomic E-state index is -3.71. The topological polar surface area (TPSA) is 77.2 Å². The minimum Gasteiger partial charge on any atom is -0.324 e. The molecule has 0 heterocycles. The first-order valence-corrected chi connectivity index (χ1v) is 6.09. The largest absolute Gasteiger partial charge is 0.324 e. The van der Waals surface area contributed by atoms with Gasteiger partial charge in [-0.3, -0.25) is 4.79 Å². The monoisotopic (exact) mass is 249 g/mol. The molecular formula is C9H9F2NO3S. The number of rotatable bonds is 3. The third kappa shape index (κ3) is 2.42. The van der Waals surface area contributed by atoms with E-state index in [1.165, 1.54) is 0 Å². The van der Waals surface area contributed by atoms with Crippen LogP contribution in [0.4, 0.5) is 8.78 Å². The van der Waals surface area contributed by atoms with E-state index in [0.717, 1.165) is 12.3 Å². The van der Waals surface area contributed by atoms with Crippen molar-refractivity contribution in [2.75, 3.05) is 12.8 Å². The van der Waals surface area contributed by atoms with Gasteiger partial charge in [-0.15, -0.1) is 0 Å². The van der Waals surface area contributed by atoms with Crippen LogP contribution in [0.1, 0.15) is 10.4 Å². The Kier molecular flexibility index (Phi) is 3.39. The van der Waals surface area contributed by atoms with Gasteiger partial charge in [-0.1, -0.05) is 0 Å². The molecule has 1 aromatic carbocycles. The number of ketones is 1. The molecule has 0 bridgehead atoms. The smallest absolute Gasteiger partial charge is 0.179 e. The first-order valence-electron chi connectivity index (χ1n) is 4.19. The molecule has 0 amide bonds. The molecule has 0 fully saturated rings. The van der Waals surface area contributed by atoms with E-state index in [1.807, 2.05) is 0 Å². The Bertz CT molecular complexity index is 540. The molecule has 0 aliphatic rings. The molecule has 0 saturated heterocycles. The van der Waals surface area contributed by atoms with Crippen LogP contribution >= 0.6 is 0 Å². The molecule has 0 aromatic heterocycles. The third-order valence-corrected chi connectivity index (χ3v) is 3.01. The summed E-state index contributed by atoms with van der Waals surface area (Å²) in [5.41, 5.74) is 4.34. The lowest BCUT2D eigenvalue weighted by Crippen LogP contribution is -2.16.